The number of esters is 1. The van der Waals surface area contributed by atoms with Crippen LogP contribution in [0.25, 0.3) is 0 Å². The maximum atomic E-state index is 13.9. The van der Waals surface area contributed by atoms with Gasteiger partial charge in [0.05, 0.1) is 18.8 Å². The number of rotatable bonds is 11. The van der Waals surface area contributed by atoms with Crippen molar-refractivity contribution in [1.82, 2.24) is 0 Å². The van der Waals surface area contributed by atoms with Gasteiger partial charge in [0.15, 0.2) is 11.6 Å². The lowest BCUT2D eigenvalue weighted by Crippen LogP contribution is -2.08. The summed E-state index contributed by atoms with van der Waals surface area (Å²) < 4.78 is 24.2. The Labute approximate surface area is 131 Å². The Bertz CT molecular complexity index is 448. The van der Waals surface area contributed by atoms with Gasteiger partial charge in [-0.15, -0.1) is 0 Å². The molecule has 0 aliphatic carbocycles. The predicted molar refractivity (Wildman–Crippen MR) is 82.6 cm³/mol. The summed E-state index contributed by atoms with van der Waals surface area (Å²) in [5, 5.41) is 8.63. The minimum absolute atomic E-state index is 0.0659. The predicted octanol–water partition coefficient (Wildman–Crippen LogP) is 3.71. The van der Waals surface area contributed by atoms with Gasteiger partial charge < -0.3 is 14.6 Å². The number of carbonyl (C=O) groups excluding carboxylic acids is 1. The van der Waals surface area contributed by atoms with Crippen LogP contribution in [0.3, 0.4) is 0 Å². The third-order valence-electron chi connectivity index (χ3n) is 3.21. The third kappa shape index (κ3) is 6.89. The highest BCUT2D eigenvalue weighted by Gasteiger charge is 2.11. The summed E-state index contributed by atoms with van der Waals surface area (Å²) in [5.41, 5.74) is 0.167. The van der Waals surface area contributed by atoms with Crippen molar-refractivity contribution in [2.24, 2.45) is 0 Å². The second kappa shape index (κ2) is 11.0. The van der Waals surface area contributed by atoms with Gasteiger partial charge >= 0.3 is 5.97 Å². The number of unbranched alkanes of at least 4 members (excludes halogenated alkanes) is 4. The zero-order valence-electron chi connectivity index (χ0n) is 13.1. The number of hydrogen-bond donors (Lipinski definition) is 1. The van der Waals surface area contributed by atoms with Crippen molar-refractivity contribution < 1.29 is 23.8 Å². The molecule has 0 radical (unpaired) electrons. The maximum Gasteiger partial charge on any atom is 0.338 e. The molecule has 0 aliphatic rings. The molecule has 1 aromatic carbocycles. The van der Waals surface area contributed by atoms with E-state index in [0.29, 0.717) is 19.4 Å². The van der Waals surface area contributed by atoms with E-state index in [1.165, 1.54) is 12.1 Å². The Morgan fingerprint density at radius 3 is 2.59 bits per heavy atom. The van der Waals surface area contributed by atoms with E-state index in [2.05, 4.69) is 6.92 Å². The fourth-order valence-electron chi connectivity index (χ4n) is 1.92. The van der Waals surface area contributed by atoms with Crippen LogP contribution in [0, 0.1) is 5.82 Å². The fourth-order valence-corrected chi connectivity index (χ4v) is 1.92. The Kier molecular flexibility index (Phi) is 9.23. The molecule has 4 nitrogen and oxygen atoms in total. The highest BCUT2D eigenvalue weighted by atomic mass is 19.1. The summed E-state index contributed by atoms with van der Waals surface area (Å²) in [6, 6.07) is 4.09. The van der Waals surface area contributed by atoms with Crippen LogP contribution in [0.15, 0.2) is 18.2 Å². The number of benzene rings is 1. The molecule has 0 aliphatic heterocycles. The Morgan fingerprint density at radius 1 is 1.14 bits per heavy atom. The van der Waals surface area contributed by atoms with E-state index in [4.69, 9.17) is 14.6 Å². The normalized spacial score (nSPS) is 10.5. The molecule has 0 bridgehead atoms. The molecule has 0 saturated heterocycles. The summed E-state index contributed by atoms with van der Waals surface area (Å²) in [5.74, 6) is -0.958. The topological polar surface area (TPSA) is 55.8 Å². The minimum atomic E-state index is -0.564. The molecule has 0 heterocycles. The zero-order chi connectivity index (χ0) is 16.2. The molecule has 0 aromatic heterocycles. The van der Waals surface area contributed by atoms with Crippen LogP contribution >= 0.6 is 0 Å². The number of ether oxygens (including phenoxy) is 2. The zero-order valence-corrected chi connectivity index (χ0v) is 13.1. The van der Waals surface area contributed by atoms with E-state index >= 15 is 0 Å². The summed E-state index contributed by atoms with van der Waals surface area (Å²) in [7, 11) is 0. The average Bonchev–Trinajstić information content (AvgIpc) is 2.52. The van der Waals surface area contributed by atoms with Gasteiger partial charge in [0.1, 0.15) is 0 Å². The summed E-state index contributed by atoms with van der Waals surface area (Å²) >= 11 is 0. The summed E-state index contributed by atoms with van der Waals surface area (Å²) in [6.07, 6.45) is 5.41. The molecule has 1 rings (SSSR count). The second-order valence-electron chi connectivity index (χ2n) is 5.12. The highest BCUT2D eigenvalue weighted by Crippen LogP contribution is 2.19. The van der Waals surface area contributed by atoms with Crippen LogP contribution in [-0.2, 0) is 4.74 Å². The van der Waals surface area contributed by atoms with Crippen molar-refractivity contribution in [3.8, 4) is 5.75 Å². The van der Waals surface area contributed by atoms with Crippen LogP contribution in [0.2, 0.25) is 0 Å². The minimum Gasteiger partial charge on any atom is -0.491 e. The standard InChI is InChI=1S/C17H25FO4/c1-2-3-4-6-11-21-16-9-8-14(13-15(16)18)17(20)22-12-7-5-10-19/h8-9,13,19H,2-7,10-12H2,1H3. The van der Waals surface area contributed by atoms with E-state index in [1.807, 2.05) is 0 Å². The Morgan fingerprint density at radius 2 is 1.91 bits per heavy atom. The molecule has 0 saturated carbocycles. The maximum absolute atomic E-state index is 13.9. The highest BCUT2D eigenvalue weighted by molar-refractivity contribution is 5.89. The third-order valence-corrected chi connectivity index (χ3v) is 3.21. The number of halogens is 1. The molecule has 1 aromatic rings. The molecule has 1 N–H and O–H groups in total. The Balaban J connectivity index is 2.41. The van der Waals surface area contributed by atoms with Crippen molar-refractivity contribution in [3.05, 3.63) is 29.6 Å². The SMILES string of the molecule is CCCCCCOc1ccc(C(=O)OCCCCO)cc1F. The lowest BCUT2D eigenvalue weighted by Gasteiger charge is -2.09. The van der Waals surface area contributed by atoms with Gasteiger partial charge in [-0.3, -0.25) is 0 Å². The second-order valence-corrected chi connectivity index (χ2v) is 5.12. The van der Waals surface area contributed by atoms with Crippen molar-refractivity contribution >= 4 is 5.97 Å². The monoisotopic (exact) mass is 312 g/mol. The molecule has 124 valence electrons. The van der Waals surface area contributed by atoms with Crippen molar-refractivity contribution in [3.63, 3.8) is 0 Å². The number of carbonyl (C=O) groups is 1. The van der Waals surface area contributed by atoms with Gasteiger partial charge in [0.25, 0.3) is 0 Å². The van der Waals surface area contributed by atoms with Crippen molar-refractivity contribution in [2.75, 3.05) is 19.8 Å². The van der Waals surface area contributed by atoms with E-state index in [-0.39, 0.29) is 24.5 Å². The molecule has 0 atom stereocenters. The lowest BCUT2D eigenvalue weighted by atomic mass is 10.2. The first-order valence-corrected chi connectivity index (χ1v) is 7.89. The average molecular weight is 312 g/mol. The number of hydrogen-bond acceptors (Lipinski definition) is 4. The largest absolute Gasteiger partial charge is 0.491 e. The number of aliphatic hydroxyl groups excluding tert-OH is 1. The summed E-state index contributed by atoms with van der Waals surface area (Å²) in [6.45, 7) is 2.89. The van der Waals surface area contributed by atoms with Crippen molar-refractivity contribution in [1.29, 1.82) is 0 Å². The quantitative estimate of drug-likeness (QED) is 0.500. The van der Waals surface area contributed by atoms with Gasteiger partial charge in [0.2, 0.25) is 0 Å². The first-order chi connectivity index (χ1) is 10.7. The molecular weight excluding hydrogens is 287 g/mol. The molecule has 0 unspecified atom stereocenters. The molecule has 0 fully saturated rings. The molecule has 0 spiro atoms. The molecule has 22 heavy (non-hydrogen) atoms. The molecular formula is C17H25FO4. The van der Waals surface area contributed by atoms with Crippen LogP contribution < -0.4 is 4.74 Å². The van der Waals surface area contributed by atoms with Crippen LogP contribution in [0.4, 0.5) is 4.39 Å². The van der Waals surface area contributed by atoms with Gasteiger partial charge in [0, 0.05) is 6.61 Å². The molecule has 5 heteroatoms. The first-order valence-electron chi connectivity index (χ1n) is 7.89. The lowest BCUT2D eigenvalue weighted by molar-refractivity contribution is 0.0492. The first kappa shape index (κ1) is 18.4. The van der Waals surface area contributed by atoms with Crippen LogP contribution in [0.5, 0.6) is 5.75 Å². The Hall–Kier alpha value is -1.62. The van der Waals surface area contributed by atoms with E-state index in [1.54, 1.807) is 0 Å². The van der Waals surface area contributed by atoms with Crippen LogP contribution in [0.1, 0.15) is 55.8 Å². The number of aliphatic hydroxyl groups is 1. The van der Waals surface area contributed by atoms with E-state index in [0.717, 1.165) is 31.7 Å². The smallest absolute Gasteiger partial charge is 0.338 e. The van der Waals surface area contributed by atoms with Gasteiger partial charge in [-0.05, 0) is 37.5 Å². The van der Waals surface area contributed by atoms with E-state index < -0.39 is 11.8 Å². The summed E-state index contributed by atoms with van der Waals surface area (Å²) in [4.78, 5) is 11.7. The van der Waals surface area contributed by atoms with E-state index in [9.17, 15) is 9.18 Å². The molecule has 0 amide bonds. The van der Waals surface area contributed by atoms with Gasteiger partial charge in [-0.25, -0.2) is 9.18 Å². The van der Waals surface area contributed by atoms with Crippen LogP contribution in [-0.4, -0.2) is 30.9 Å². The van der Waals surface area contributed by atoms with Crippen molar-refractivity contribution in [2.45, 2.75) is 45.4 Å². The van der Waals surface area contributed by atoms with Gasteiger partial charge in [-0.1, -0.05) is 26.2 Å². The van der Waals surface area contributed by atoms with Gasteiger partial charge in [-0.2, -0.15) is 0 Å². The fraction of sp³-hybridized carbons (Fsp3) is 0.588.